The number of rotatable bonds is 4. The topological polar surface area (TPSA) is 37.3 Å². The van der Waals surface area contributed by atoms with E-state index in [1.807, 2.05) is 0 Å². The molecule has 4 aliphatic rings. The van der Waals surface area contributed by atoms with Crippen molar-refractivity contribution in [2.75, 3.05) is 0 Å². The molecule has 3 saturated carbocycles. The fourth-order valence-electron chi connectivity index (χ4n) is 8.52. The van der Waals surface area contributed by atoms with Crippen LogP contribution in [0.25, 0.3) is 0 Å². The number of allylic oxidation sites excluding steroid dienone is 2. The van der Waals surface area contributed by atoms with Crippen molar-refractivity contribution >= 4 is 5.78 Å². The number of Topliss-reactive ketones (excluding diaryl/α,β-unsaturated/α-hetero) is 1. The molecule has 32 heavy (non-hydrogen) atoms. The summed E-state index contributed by atoms with van der Waals surface area (Å²) in [6, 6.07) is 0. The van der Waals surface area contributed by atoms with Gasteiger partial charge in [0.2, 0.25) is 0 Å². The van der Waals surface area contributed by atoms with Crippen LogP contribution in [0.5, 0.6) is 0 Å². The molecule has 0 bridgehead atoms. The first-order valence-electron chi connectivity index (χ1n) is 12.8. The molecule has 2 nitrogen and oxygen atoms in total. The smallest absolute Gasteiger partial charge is 0.381 e. The molecule has 0 radical (unpaired) electrons. The average molecular weight is 455 g/mol. The Morgan fingerprint density at radius 3 is 2.50 bits per heavy atom. The molecule has 1 N–H and O–H groups in total. The fourth-order valence-corrected chi connectivity index (χ4v) is 8.52. The second kappa shape index (κ2) is 8.13. The van der Waals surface area contributed by atoms with Gasteiger partial charge in [-0.05, 0) is 105 Å². The minimum absolute atomic E-state index is 0.144. The number of fused-ring (bicyclic) bond motifs is 5. The van der Waals surface area contributed by atoms with Gasteiger partial charge >= 0.3 is 6.18 Å². The standard InChI is InChI=1S/C27H41F3O2/c1-17(11-16-26(4,32)27(28,29)30)21-9-10-22-20-8-6-18-5-7-19(31)12-14-24(18,2)23(20)13-15-25(21,22)3/h6,17,20-23,32H,5,7-16H2,1-4H3/t17-,20+,21-,22+,23+,24+,25-,26+/m1/s1. The van der Waals surface area contributed by atoms with Crippen LogP contribution in [-0.4, -0.2) is 22.7 Å². The van der Waals surface area contributed by atoms with Gasteiger partial charge in [-0.2, -0.15) is 13.2 Å². The molecule has 4 rings (SSSR count). The normalized spacial score (nSPS) is 42.8. The predicted molar refractivity (Wildman–Crippen MR) is 120 cm³/mol. The third-order valence-electron chi connectivity index (χ3n) is 10.7. The number of hydrogen-bond acceptors (Lipinski definition) is 2. The largest absolute Gasteiger partial charge is 0.416 e. The lowest BCUT2D eigenvalue weighted by molar-refractivity contribution is -0.256. The highest BCUT2D eigenvalue weighted by molar-refractivity contribution is 5.79. The molecule has 0 heterocycles. The third-order valence-corrected chi connectivity index (χ3v) is 10.7. The van der Waals surface area contributed by atoms with E-state index in [0.717, 1.165) is 39.0 Å². The lowest BCUT2D eigenvalue weighted by Gasteiger charge is -2.57. The molecule has 0 aliphatic heterocycles. The summed E-state index contributed by atoms with van der Waals surface area (Å²) in [5, 5.41) is 9.92. The molecule has 0 amide bonds. The second-order valence-corrected chi connectivity index (χ2v) is 12.3. The summed E-state index contributed by atoms with van der Waals surface area (Å²) in [6.07, 6.45) is 7.06. The van der Waals surface area contributed by atoms with Crippen molar-refractivity contribution in [1.82, 2.24) is 0 Å². The van der Waals surface area contributed by atoms with E-state index in [0.29, 0.717) is 48.7 Å². The molecule has 4 aliphatic carbocycles. The Morgan fingerprint density at radius 2 is 1.81 bits per heavy atom. The molecule has 0 aromatic carbocycles. The van der Waals surface area contributed by atoms with E-state index < -0.39 is 11.8 Å². The number of hydrogen-bond donors (Lipinski definition) is 1. The molecule has 3 fully saturated rings. The van der Waals surface area contributed by atoms with Crippen molar-refractivity contribution in [3.8, 4) is 0 Å². The maximum Gasteiger partial charge on any atom is 0.416 e. The van der Waals surface area contributed by atoms with Crippen LogP contribution >= 0.6 is 0 Å². The summed E-state index contributed by atoms with van der Waals surface area (Å²) in [6.45, 7) is 7.83. The highest BCUT2D eigenvalue weighted by atomic mass is 19.4. The van der Waals surface area contributed by atoms with E-state index in [1.165, 1.54) is 18.4 Å². The summed E-state index contributed by atoms with van der Waals surface area (Å²) in [7, 11) is 0. The van der Waals surface area contributed by atoms with Crippen molar-refractivity contribution < 1.29 is 23.1 Å². The summed E-state index contributed by atoms with van der Waals surface area (Å²) in [5.41, 5.74) is -0.766. The summed E-state index contributed by atoms with van der Waals surface area (Å²) in [5.74, 6) is 2.88. The van der Waals surface area contributed by atoms with E-state index in [-0.39, 0.29) is 23.2 Å². The Kier molecular flexibility index (Phi) is 6.17. The number of aliphatic hydroxyl groups is 1. The highest BCUT2D eigenvalue weighted by Crippen LogP contribution is 2.67. The monoisotopic (exact) mass is 454 g/mol. The molecule has 0 saturated heterocycles. The first-order valence-corrected chi connectivity index (χ1v) is 12.8. The van der Waals surface area contributed by atoms with Crippen LogP contribution in [0.3, 0.4) is 0 Å². The molecule has 0 aromatic rings. The summed E-state index contributed by atoms with van der Waals surface area (Å²) in [4.78, 5) is 12.2. The maximum atomic E-state index is 13.1. The van der Waals surface area contributed by atoms with Crippen LogP contribution in [-0.2, 0) is 4.79 Å². The van der Waals surface area contributed by atoms with E-state index in [2.05, 4.69) is 26.8 Å². The number of halogens is 3. The Bertz CT molecular complexity index is 769. The van der Waals surface area contributed by atoms with E-state index in [9.17, 15) is 23.1 Å². The minimum atomic E-state index is -4.57. The molecule has 0 aromatic heterocycles. The first kappa shape index (κ1) is 24.3. The molecule has 8 atom stereocenters. The SMILES string of the molecule is C[C@H](CC[C@](C)(O)C(F)(F)F)[C@H]1CC[C@H]2[C@@H]3CC=C4CCC(=O)CC[C@]4(C)[C@H]3CC[C@]12C. The molecular formula is C27H41F3O2. The van der Waals surface area contributed by atoms with Crippen LogP contribution in [0, 0.1) is 40.4 Å². The molecule has 0 spiro atoms. The van der Waals surface area contributed by atoms with Crippen molar-refractivity contribution in [3.05, 3.63) is 11.6 Å². The number of carbonyl (C=O) groups is 1. The molecule has 182 valence electrons. The van der Waals surface area contributed by atoms with Crippen molar-refractivity contribution in [1.29, 1.82) is 0 Å². The second-order valence-electron chi connectivity index (χ2n) is 12.3. The van der Waals surface area contributed by atoms with Crippen LogP contribution in [0.1, 0.15) is 98.3 Å². The highest BCUT2D eigenvalue weighted by Gasteiger charge is 2.59. The number of carbonyl (C=O) groups excluding carboxylic acids is 1. The maximum absolute atomic E-state index is 13.1. The van der Waals surface area contributed by atoms with Crippen LogP contribution < -0.4 is 0 Å². The van der Waals surface area contributed by atoms with Crippen molar-refractivity contribution in [2.24, 2.45) is 40.4 Å². The van der Waals surface area contributed by atoms with E-state index in [1.54, 1.807) is 0 Å². The average Bonchev–Trinajstić information content (AvgIpc) is 2.98. The van der Waals surface area contributed by atoms with Gasteiger partial charge in [0.05, 0.1) is 0 Å². The van der Waals surface area contributed by atoms with Crippen LogP contribution in [0.4, 0.5) is 13.2 Å². The van der Waals surface area contributed by atoms with Crippen molar-refractivity contribution in [2.45, 2.75) is 110 Å². The summed E-state index contributed by atoms with van der Waals surface area (Å²) < 4.78 is 39.4. The van der Waals surface area contributed by atoms with Crippen LogP contribution in [0.2, 0.25) is 0 Å². The Hall–Kier alpha value is -0.840. The van der Waals surface area contributed by atoms with Gasteiger partial charge in [-0.25, -0.2) is 0 Å². The van der Waals surface area contributed by atoms with Gasteiger partial charge in [-0.15, -0.1) is 0 Å². The van der Waals surface area contributed by atoms with E-state index >= 15 is 0 Å². The Morgan fingerprint density at radius 1 is 1.09 bits per heavy atom. The number of ketones is 1. The molecule has 0 unspecified atom stereocenters. The lowest BCUT2D eigenvalue weighted by atomic mass is 9.48. The minimum Gasteiger partial charge on any atom is -0.381 e. The fraction of sp³-hybridized carbons (Fsp3) is 0.889. The van der Waals surface area contributed by atoms with Crippen molar-refractivity contribution in [3.63, 3.8) is 0 Å². The Balaban J connectivity index is 1.49. The first-order chi connectivity index (χ1) is 14.8. The van der Waals surface area contributed by atoms with Gasteiger partial charge in [0, 0.05) is 12.8 Å². The van der Waals surface area contributed by atoms with Gasteiger partial charge in [-0.1, -0.05) is 32.4 Å². The zero-order valence-corrected chi connectivity index (χ0v) is 20.2. The Labute approximate surface area is 191 Å². The van der Waals surface area contributed by atoms with E-state index in [4.69, 9.17) is 0 Å². The van der Waals surface area contributed by atoms with Crippen LogP contribution in [0.15, 0.2) is 11.6 Å². The predicted octanol–water partition coefficient (Wildman–Crippen LogP) is 7.25. The van der Waals surface area contributed by atoms with Gasteiger partial charge in [0.1, 0.15) is 5.78 Å². The lowest BCUT2D eigenvalue weighted by Crippen LogP contribution is -2.49. The zero-order chi connectivity index (χ0) is 23.5. The van der Waals surface area contributed by atoms with Gasteiger partial charge in [0.25, 0.3) is 0 Å². The molecule has 5 heteroatoms. The number of alkyl halides is 3. The third kappa shape index (κ3) is 3.88. The quantitative estimate of drug-likeness (QED) is 0.454. The van der Waals surface area contributed by atoms with Gasteiger partial charge < -0.3 is 5.11 Å². The van der Waals surface area contributed by atoms with Gasteiger partial charge in [0.15, 0.2) is 5.60 Å². The van der Waals surface area contributed by atoms with Gasteiger partial charge in [-0.3, -0.25) is 4.79 Å². The molecular weight excluding hydrogens is 413 g/mol. The zero-order valence-electron chi connectivity index (χ0n) is 20.2. The summed E-state index contributed by atoms with van der Waals surface area (Å²) >= 11 is 0.